The zero-order chi connectivity index (χ0) is 26.0. The Hall–Kier alpha value is -3.80. The first-order valence-electron chi connectivity index (χ1n) is 13.9. The molecule has 0 aromatic heterocycles. The lowest BCUT2D eigenvalue weighted by atomic mass is 9.79. The minimum Gasteiger partial charge on any atom is -0.271 e. The van der Waals surface area contributed by atoms with Crippen molar-refractivity contribution in [1.29, 1.82) is 0 Å². The van der Waals surface area contributed by atoms with Gasteiger partial charge in [0.15, 0.2) is 0 Å². The van der Waals surface area contributed by atoms with E-state index in [9.17, 15) is 19.2 Å². The predicted octanol–water partition coefficient (Wildman–Crippen LogP) is 6.09. The number of rotatable bonds is 3. The maximum atomic E-state index is 13.8. The number of nitrogens with zero attached hydrogens (tertiary/aromatic N) is 2. The smallest absolute Gasteiger partial charge is 0.261 e. The molecule has 0 unspecified atom stereocenters. The number of carbonyl (C=O) groups is 4. The minimum atomic E-state index is -0.316. The largest absolute Gasteiger partial charge is 0.271 e. The van der Waals surface area contributed by atoms with Gasteiger partial charge in [0.05, 0.1) is 0 Å². The van der Waals surface area contributed by atoms with Crippen LogP contribution in [-0.4, -0.2) is 45.5 Å². The van der Waals surface area contributed by atoms with Gasteiger partial charge < -0.3 is 0 Å². The summed E-state index contributed by atoms with van der Waals surface area (Å²) in [6, 6.07) is 16.9. The molecule has 0 atom stereocenters. The van der Waals surface area contributed by atoms with E-state index >= 15 is 0 Å². The third-order valence-corrected chi connectivity index (χ3v) is 9.23. The quantitative estimate of drug-likeness (QED) is 0.403. The molecule has 0 spiro atoms. The van der Waals surface area contributed by atoms with Crippen LogP contribution in [0.15, 0.2) is 54.6 Å². The van der Waals surface area contributed by atoms with Crippen LogP contribution in [0, 0.1) is 0 Å². The summed E-state index contributed by atoms with van der Waals surface area (Å²) < 4.78 is 0. The molecule has 192 valence electrons. The van der Waals surface area contributed by atoms with Gasteiger partial charge >= 0.3 is 0 Å². The molecule has 4 amide bonds. The zero-order valence-electron chi connectivity index (χ0n) is 21.3. The van der Waals surface area contributed by atoms with E-state index in [1.54, 1.807) is 24.3 Å². The van der Waals surface area contributed by atoms with Crippen LogP contribution in [0.1, 0.15) is 111 Å². The molecule has 2 fully saturated rings. The number of hydrogen-bond donors (Lipinski definition) is 0. The standard InChI is InChI=1S/C32H30N2O4/c35-29-23-15-17-25-28-26(18-16-24(27(23)28)30(36)33(29)21-9-5-2-6-10-21)32(38)34(31(25)37)22-13-11-20(12-14-22)19-7-3-1-4-8-19/h1,3-4,7-8,15-18,20-22H,2,5-6,9-14H2. The first-order chi connectivity index (χ1) is 18.5. The molecule has 2 aliphatic carbocycles. The molecule has 2 aliphatic heterocycles. The van der Waals surface area contributed by atoms with Crippen LogP contribution in [0.2, 0.25) is 0 Å². The van der Waals surface area contributed by atoms with Crippen LogP contribution in [0.25, 0.3) is 10.8 Å². The van der Waals surface area contributed by atoms with Crippen LogP contribution < -0.4 is 0 Å². The highest BCUT2D eigenvalue weighted by Gasteiger charge is 2.43. The normalized spacial score (nSPS) is 23.9. The second kappa shape index (κ2) is 8.90. The van der Waals surface area contributed by atoms with Crippen molar-refractivity contribution in [2.24, 2.45) is 0 Å². The Morgan fingerprint density at radius 2 is 0.895 bits per heavy atom. The van der Waals surface area contributed by atoms with Gasteiger partial charge in [-0.05, 0) is 74.3 Å². The van der Waals surface area contributed by atoms with Crippen molar-refractivity contribution < 1.29 is 19.2 Å². The van der Waals surface area contributed by atoms with E-state index < -0.39 is 0 Å². The highest BCUT2D eigenvalue weighted by atomic mass is 16.2. The second-order valence-electron chi connectivity index (χ2n) is 11.2. The molecule has 0 N–H and O–H groups in total. The Labute approximate surface area is 221 Å². The maximum Gasteiger partial charge on any atom is 0.261 e. The molecule has 4 aliphatic rings. The summed E-state index contributed by atoms with van der Waals surface area (Å²) in [7, 11) is 0. The lowest BCUT2D eigenvalue weighted by Crippen LogP contribution is -2.50. The van der Waals surface area contributed by atoms with Crippen molar-refractivity contribution in [1.82, 2.24) is 9.80 Å². The van der Waals surface area contributed by atoms with Gasteiger partial charge in [-0.1, -0.05) is 49.6 Å². The van der Waals surface area contributed by atoms with Gasteiger partial charge in [0.1, 0.15) is 0 Å². The van der Waals surface area contributed by atoms with Crippen LogP contribution >= 0.6 is 0 Å². The Bertz CT molecular complexity index is 1430. The summed E-state index contributed by atoms with van der Waals surface area (Å²) in [5.74, 6) is -0.808. The lowest BCUT2D eigenvalue weighted by molar-refractivity contribution is 0.0477. The molecule has 6 nitrogen and oxygen atoms in total. The van der Waals surface area contributed by atoms with Crippen LogP contribution in [0.3, 0.4) is 0 Å². The van der Waals surface area contributed by atoms with E-state index in [-0.39, 0.29) is 35.7 Å². The van der Waals surface area contributed by atoms with Crippen LogP contribution in [0.5, 0.6) is 0 Å². The van der Waals surface area contributed by atoms with Gasteiger partial charge in [0.25, 0.3) is 23.6 Å². The Kier molecular flexibility index (Phi) is 5.46. The van der Waals surface area contributed by atoms with Gasteiger partial charge in [-0.3, -0.25) is 29.0 Å². The monoisotopic (exact) mass is 506 g/mol. The fourth-order valence-electron chi connectivity index (χ4n) is 7.31. The molecule has 7 rings (SSSR count). The summed E-state index contributed by atoms with van der Waals surface area (Å²) in [6.07, 6.45) is 8.16. The Morgan fingerprint density at radius 1 is 0.474 bits per heavy atom. The summed E-state index contributed by atoms with van der Waals surface area (Å²) in [5, 5.41) is 0.936. The highest BCUT2D eigenvalue weighted by molar-refractivity contribution is 6.33. The average Bonchev–Trinajstić information content (AvgIpc) is 2.96. The lowest BCUT2D eigenvalue weighted by Gasteiger charge is -2.39. The van der Waals surface area contributed by atoms with Crippen molar-refractivity contribution in [3.8, 4) is 0 Å². The maximum absolute atomic E-state index is 13.8. The first-order valence-corrected chi connectivity index (χ1v) is 13.9. The number of imide groups is 2. The molecule has 0 saturated heterocycles. The number of hydrogen-bond acceptors (Lipinski definition) is 4. The molecule has 3 aromatic carbocycles. The second-order valence-corrected chi connectivity index (χ2v) is 11.2. The fourth-order valence-corrected chi connectivity index (χ4v) is 7.31. The summed E-state index contributed by atoms with van der Waals surface area (Å²) in [4.78, 5) is 57.6. The van der Waals surface area contributed by atoms with Crippen molar-refractivity contribution >= 4 is 34.4 Å². The molecule has 0 bridgehead atoms. The van der Waals surface area contributed by atoms with Gasteiger partial charge in [0, 0.05) is 45.1 Å². The topological polar surface area (TPSA) is 74.8 Å². The summed E-state index contributed by atoms with van der Waals surface area (Å²) in [6.45, 7) is 0. The minimum absolute atomic E-state index is 0.0935. The molecule has 2 heterocycles. The number of benzene rings is 3. The van der Waals surface area contributed by atoms with Crippen molar-refractivity contribution in [2.75, 3.05) is 0 Å². The molecule has 2 saturated carbocycles. The van der Waals surface area contributed by atoms with E-state index in [4.69, 9.17) is 0 Å². The van der Waals surface area contributed by atoms with Crippen LogP contribution in [0.4, 0.5) is 0 Å². The van der Waals surface area contributed by atoms with Gasteiger partial charge in [-0.2, -0.15) is 0 Å². The van der Waals surface area contributed by atoms with Gasteiger partial charge in [-0.25, -0.2) is 0 Å². The van der Waals surface area contributed by atoms with E-state index in [1.807, 2.05) is 6.07 Å². The van der Waals surface area contributed by atoms with Crippen LogP contribution in [-0.2, 0) is 0 Å². The van der Waals surface area contributed by atoms with Crippen molar-refractivity contribution in [3.05, 3.63) is 82.4 Å². The van der Waals surface area contributed by atoms with Crippen molar-refractivity contribution in [2.45, 2.75) is 75.8 Å². The Balaban J connectivity index is 1.23. The third-order valence-electron chi connectivity index (χ3n) is 9.23. The Morgan fingerprint density at radius 3 is 1.34 bits per heavy atom. The van der Waals surface area contributed by atoms with Gasteiger partial charge in [-0.15, -0.1) is 0 Å². The van der Waals surface area contributed by atoms with Gasteiger partial charge in [0.2, 0.25) is 0 Å². The third kappa shape index (κ3) is 3.39. The predicted molar refractivity (Wildman–Crippen MR) is 143 cm³/mol. The van der Waals surface area contributed by atoms with E-state index in [1.165, 1.54) is 15.4 Å². The number of carbonyl (C=O) groups excluding carboxylic acids is 4. The molecular weight excluding hydrogens is 476 g/mol. The average molecular weight is 507 g/mol. The summed E-state index contributed by atoms with van der Waals surface area (Å²) in [5.41, 5.74) is 2.98. The highest BCUT2D eigenvalue weighted by Crippen LogP contribution is 2.42. The number of amides is 4. The fraction of sp³-hybridized carbons (Fsp3) is 0.375. The zero-order valence-corrected chi connectivity index (χ0v) is 21.3. The van der Waals surface area contributed by atoms with Crippen molar-refractivity contribution in [3.63, 3.8) is 0 Å². The SMILES string of the molecule is O=C1c2ccc3c4c(ccc(c24)C(=O)N1C1CCCCC1)C(=O)N(C1CCC(c2ccccc2)CC1)C3=O. The van der Waals surface area contributed by atoms with E-state index in [0.29, 0.717) is 38.9 Å². The first kappa shape index (κ1) is 23.3. The molecular formula is C32H30N2O4. The molecule has 0 radical (unpaired) electrons. The molecule has 38 heavy (non-hydrogen) atoms. The van der Waals surface area contributed by atoms with E-state index in [2.05, 4.69) is 24.3 Å². The summed E-state index contributed by atoms with van der Waals surface area (Å²) >= 11 is 0. The molecule has 6 heteroatoms. The molecule has 3 aromatic rings. The van der Waals surface area contributed by atoms with E-state index in [0.717, 1.165) is 57.8 Å².